The number of carbonyl (C=O) groups is 2. The molecule has 0 saturated heterocycles. The second-order valence-corrected chi connectivity index (χ2v) is 4.80. The first-order valence-electron chi connectivity index (χ1n) is 6.37. The molecule has 0 aliphatic heterocycles. The molecule has 2 N–H and O–H groups in total. The Hall–Kier alpha value is -1.98. The third-order valence-electron chi connectivity index (χ3n) is 3.45. The Labute approximate surface area is 111 Å². The lowest BCUT2D eigenvalue weighted by molar-refractivity contribution is -0.146. The molecule has 6 heteroatoms. The van der Waals surface area contributed by atoms with Crippen LogP contribution in [-0.4, -0.2) is 27.0 Å². The van der Waals surface area contributed by atoms with E-state index in [1.54, 1.807) is 19.2 Å². The highest BCUT2D eigenvalue weighted by Gasteiger charge is 2.37. The molecule has 0 bridgehead atoms. The molecule has 1 aromatic heterocycles. The van der Waals surface area contributed by atoms with Gasteiger partial charge in [-0.1, -0.05) is 6.42 Å². The summed E-state index contributed by atoms with van der Waals surface area (Å²) in [5.41, 5.74) is 0.728. The highest BCUT2D eigenvalue weighted by atomic mass is 16.4. The van der Waals surface area contributed by atoms with Crippen molar-refractivity contribution in [1.82, 2.24) is 15.3 Å². The molecule has 2 rings (SSSR count). The Morgan fingerprint density at radius 2 is 2.16 bits per heavy atom. The first-order chi connectivity index (χ1) is 9.08. The summed E-state index contributed by atoms with van der Waals surface area (Å²) in [5.74, 6) is -1.39. The highest BCUT2D eigenvalue weighted by Crippen LogP contribution is 2.32. The summed E-state index contributed by atoms with van der Waals surface area (Å²) in [6, 6.07) is 1.73. The average Bonchev–Trinajstić information content (AvgIpc) is 2.85. The van der Waals surface area contributed by atoms with Crippen molar-refractivity contribution in [3.63, 3.8) is 0 Å². The molecule has 0 spiro atoms. The minimum absolute atomic E-state index is 0.193. The molecule has 2 unspecified atom stereocenters. The van der Waals surface area contributed by atoms with E-state index in [2.05, 4.69) is 15.3 Å². The maximum absolute atomic E-state index is 12.0. The third kappa shape index (κ3) is 3.27. The number of aliphatic carboxylic acids is 1. The lowest BCUT2D eigenvalue weighted by atomic mass is 9.95. The van der Waals surface area contributed by atoms with E-state index in [0.717, 1.165) is 12.1 Å². The number of nitrogens with zero attached hydrogens (tertiary/aromatic N) is 2. The van der Waals surface area contributed by atoms with Gasteiger partial charge in [-0.2, -0.15) is 0 Å². The van der Waals surface area contributed by atoms with Crippen LogP contribution < -0.4 is 5.32 Å². The van der Waals surface area contributed by atoms with Crippen molar-refractivity contribution in [3.8, 4) is 0 Å². The van der Waals surface area contributed by atoms with Crippen LogP contribution >= 0.6 is 0 Å². The van der Waals surface area contributed by atoms with Crippen molar-refractivity contribution in [2.45, 2.75) is 32.7 Å². The summed E-state index contributed by atoms with van der Waals surface area (Å²) in [6.45, 7) is 2.09. The molecule has 1 fully saturated rings. The van der Waals surface area contributed by atoms with Gasteiger partial charge in [0.2, 0.25) is 5.91 Å². The van der Waals surface area contributed by atoms with Crippen molar-refractivity contribution in [1.29, 1.82) is 0 Å². The van der Waals surface area contributed by atoms with Gasteiger partial charge in [0.25, 0.3) is 0 Å². The number of aromatic nitrogens is 2. The normalized spacial score (nSPS) is 22.2. The Balaban J connectivity index is 1.92. The average molecular weight is 263 g/mol. The quantitative estimate of drug-likeness (QED) is 0.842. The van der Waals surface area contributed by atoms with E-state index in [1.165, 1.54) is 0 Å². The molecule has 102 valence electrons. The molecule has 0 radical (unpaired) electrons. The third-order valence-corrected chi connectivity index (χ3v) is 3.45. The highest BCUT2D eigenvalue weighted by molar-refractivity contribution is 5.85. The van der Waals surface area contributed by atoms with Crippen LogP contribution in [0.15, 0.2) is 12.3 Å². The fourth-order valence-electron chi connectivity index (χ4n) is 2.48. The summed E-state index contributed by atoms with van der Waals surface area (Å²) in [5, 5.41) is 11.8. The van der Waals surface area contributed by atoms with E-state index in [-0.39, 0.29) is 5.91 Å². The Bertz CT molecular complexity index is 490. The van der Waals surface area contributed by atoms with Gasteiger partial charge in [-0.15, -0.1) is 0 Å². The van der Waals surface area contributed by atoms with E-state index >= 15 is 0 Å². The minimum atomic E-state index is -0.879. The van der Waals surface area contributed by atoms with Gasteiger partial charge in [-0.05, 0) is 25.8 Å². The van der Waals surface area contributed by atoms with Crippen molar-refractivity contribution < 1.29 is 14.7 Å². The largest absolute Gasteiger partial charge is 0.481 e. The van der Waals surface area contributed by atoms with Crippen LogP contribution in [0.3, 0.4) is 0 Å². The van der Waals surface area contributed by atoms with Crippen LogP contribution in [0.1, 0.15) is 30.8 Å². The van der Waals surface area contributed by atoms with E-state index in [9.17, 15) is 9.59 Å². The number of carboxylic acids is 1. The first kappa shape index (κ1) is 13.5. The zero-order valence-electron chi connectivity index (χ0n) is 10.8. The number of amides is 1. The van der Waals surface area contributed by atoms with Crippen LogP contribution in [0, 0.1) is 18.8 Å². The van der Waals surface area contributed by atoms with Gasteiger partial charge in [0.15, 0.2) is 0 Å². The van der Waals surface area contributed by atoms with Crippen molar-refractivity contribution in [2.75, 3.05) is 0 Å². The summed E-state index contributed by atoms with van der Waals surface area (Å²) >= 11 is 0. The van der Waals surface area contributed by atoms with Crippen molar-refractivity contribution in [2.24, 2.45) is 11.8 Å². The maximum atomic E-state index is 12.0. The molecule has 1 amide bonds. The van der Waals surface area contributed by atoms with Gasteiger partial charge < -0.3 is 10.4 Å². The smallest absolute Gasteiger partial charge is 0.307 e. The van der Waals surface area contributed by atoms with Gasteiger partial charge in [-0.25, -0.2) is 9.97 Å². The van der Waals surface area contributed by atoms with E-state index in [4.69, 9.17) is 5.11 Å². The zero-order chi connectivity index (χ0) is 13.8. The summed E-state index contributed by atoms with van der Waals surface area (Å²) in [6.07, 6.45) is 3.66. The molecule has 19 heavy (non-hydrogen) atoms. The lowest BCUT2D eigenvalue weighted by Gasteiger charge is -2.15. The topological polar surface area (TPSA) is 92.2 Å². The van der Waals surface area contributed by atoms with Gasteiger partial charge in [0, 0.05) is 6.20 Å². The first-order valence-corrected chi connectivity index (χ1v) is 6.37. The zero-order valence-corrected chi connectivity index (χ0v) is 10.8. The van der Waals surface area contributed by atoms with Crippen LogP contribution in [0.25, 0.3) is 0 Å². The van der Waals surface area contributed by atoms with E-state index < -0.39 is 17.8 Å². The number of aryl methyl sites for hydroxylation is 1. The monoisotopic (exact) mass is 263 g/mol. The Kier molecular flexibility index (Phi) is 4.09. The van der Waals surface area contributed by atoms with Crippen molar-refractivity contribution >= 4 is 11.9 Å². The fraction of sp³-hybridized carbons (Fsp3) is 0.538. The number of carbonyl (C=O) groups excluding carboxylic acids is 1. The maximum Gasteiger partial charge on any atom is 0.307 e. The van der Waals surface area contributed by atoms with Gasteiger partial charge >= 0.3 is 5.97 Å². The molecule has 1 saturated carbocycles. The van der Waals surface area contributed by atoms with Crippen LogP contribution in [0.5, 0.6) is 0 Å². The molecule has 1 heterocycles. The van der Waals surface area contributed by atoms with Gasteiger partial charge in [0.1, 0.15) is 5.82 Å². The summed E-state index contributed by atoms with van der Waals surface area (Å²) in [4.78, 5) is 31.2. The standard InChI is InChI=1S/C13H17N3O3/c1-8-14-6-5-9(16-8)7-15-12(17)10-3-2-4-11(10)13(18)19/h5-6,10-11H,2-4,7H2,1H3,(H,15,17)(H,18,19). The summed E-state index contributed by atoms with van der Waals surface area (Å²) in [7, 11) is 0. The lowest BCUT2D eigenvalue weighted by Crippen LogP contribution is -2.35. The number of carboxylic acid groups (broad SMARTS) is 1. The molecular weight excluding hydrogens is 246 g/mol. The fourth-order valence-corrected chi connectivity index (χ4v) is 2.48. The molecule has 1 aliphatic rings. The van der Waals surface area contributed by atoms with E-state index in [0.29, 0.717) is 25.2 Å². The van der Waals surface area contributed by atoms with Crippen molar-refractivity contribution in [3.05, 3.63) is 23.8 Å². The predicted octanol–water partition coefficient (Wildman–Crippen LogP) is 0.902. The SMILES string of the molecule is Cc1nccc(CNC(=O)C2CCCC2C(=O)O)n1. The number of hydrogen-bond acceptors (Lipinski definition) is 4. The minimum Gasteiger partial charge on any atom is -0.481 e. The second kappa shape index (κ2) is 5.77. The number of hydrogen-bond donors (Lipinski definition) is 2. The van der Waals surface area contributed by atoms with Crippen LogP contribution in [0.2, 0.25) is 0 Å². The van der Waals surface area contributed by atoms with Gasteiger partial charge in [0.05, 0.1) is 24.1 Å². The molecular formula is C13H17N3O3. The second-order valence-electron chi connectivity index (χ2n) is 4.80. The van der Waals surface area contributed by atoms with Crippen LogP contribution in [-0.2, 0) is 16.1 Å². The molecule has 6 nitrogen and oxygen atoms in total. The molecule has 0 aromatic carbocycles. The Morgan fingerprint density at radius 1 is 1.42 bits per heavy atom. The molecule has 1 aromatic rings. The number of nitrogens with one attached hydrogen (secondary N) is 1. The van der Waals surface area contributed by atoms with Crippen LogP contribution in [0.4, 0.5) is 0 Å². The summed E-state index contributed by atoms with van der Waals surface area (Å²) < 4.78 is 0. The predicted molar refractivity (Wildman–Crippen MR) is 67.1 cm³/mol. The molecule has 2 atom stereocenters. The number of rotatable bonds is 4. The van der Waals surface area contributed by atoms with E-state index in [1.807, 2.05) is 0 Å². The Morgan fingerprint density at radius 3 is 2.84 bits per heavy atom. The van der Waals surface area contributed by atoms with Gasteiger partial charge in [-0.3, -0.25) is 9.59 Å². The molecule has 1 aliphatic carbocycles.